The molecular weight excluding hydrogens is 627 g/mol. The summed E-state index contributed by atoms with van der Waals surface area (Å²) in [7, 11) is 0.931. The summed E-state index contributed by atoms with van der Waals surface area (Å²) in [5.41, 5.74) is -4.83. The smallest absolute Gasteiger partial charge is 0.453 e. The SMILES string of the molecule is COC(=O)N(Cc1cc(C(F)(F)F)cc(C(F)(F)F)c1)[C@@H]1C[C@H](C2CC2)N(C(=O)OC(C)(C)C)c2ccc(OC(F)(F)F)cc21. The van der Waals surface area contributed by atoms with E-state index in [-0.39, 0.29) is 29.7 Å². The number of rotatable bonds is 5. The lowest BCUT2D eigenvalue weighted by Crippen LogP contribution is -2.51. The summed E-state index contributed by atoms with van der Waals surface area (Å²) in [6, 6.07) is 1.89. The minimum Gasteiger partial charge on any atom is -0.453 e. The van der Waals surface area contributed by atoms with Gasteiger partial charge in [0.1, 0.15) is 11.4 Å². The van der Waals surface area contributed by atoms with Crippen molar-refractivity contribution in [3.8, 4) is 5.75 Å². The lowest BCUT2D eigenvalue weighted by atomic mass is 9.87. The first-order valence-corrected chi connectivity index (χ1v) is 13.6. The fourth-order valence-electron chi connectivity index (χ4n) is 5.31. The highest BCUT2D eigenvalue weighted by Crippen LogP contribution is 2.50. The van der Waals surface area contributed by atoms with Gasteiger partial charge in [-0.2, -0.15) is 26.3 Å². The summed E-state index contributed by atoms with van der Waals surface area (Å²) in [6.45, 7) is 3.97. The molecule has 45 heavy (non-hydrogen) atoms. The zero-order chi connectivity index (χ0) is 33.7. The van der Waals surface area contributed by atoms with E-state index in [0.29, 0.717) is 25.0 Å². The van der Waals surface area contributed by atoms with E-state index in [4.69, 9.17) is 9.47 Å². The minimum absolute atomic E-state index is 0.0286. The van der Waals surface area contributed by atoms with Gasteiger partial charge >= 0.3 is 30.9 Å². The summed E-state index contributed by atoms with van der Waals surface area (Å²) >= 11 is 0. The van der Waals surface area contributed by atoms with Gasteiger partial charge in [-0.3, -0.25) is 9.80 Å². The number of nitrogens with zero attached hydrogens (tertiary/aromatic N) is 2. The number of hydrogen-bond donors (Lipinski definition) is 0. The quantitative estimate of drug-likeness (QED) is 0.301. The Balaban J connectivity index is 1.88. The van der Waals surface area contributed by atoms with Crippen molar-refractivity contribution in [1.82, 2.24) is 4.90 Å². The van der Waals surface area contributed by atoms with Crippen LogP contribution in [-0.2, 0) is 28.4 Å². The number of carbonyl (C=O) groups is 2. The predicted molar refractivity (Wildman–Crippen MR) is 140 cm³/mol. The number of carbonyl (C=O) groups excluding carboxylic acids is 2. The van der Waals surface area contributed by atoms with Crippen LogP contribution in [0.2, 0.25) is 0 Å². The summed E-state index contributed by atoms with van der Waals surface area (Å²) in [4.78, 5) is 28.7. The Morgan fingerprint density at radius 1 is 0.889 bits per heavy atom. The second kappa shape index (κ2) is 11.8. The molecule has 248 valence electrons. The second-order valence-corrected chi connectivity index (χ2v) is 11.8. The predicted octanol–water partition coefficient (Wildman–Crippen LogP) is 8.86. The van der Waals surface area contributed by atoms with Gasteiger partial charge in [-0.1, -0.05) is 0 Å². The van der Waals surface area contributed by atoms with Gasteiger partial charge in [-0.15, -0.1) is 13.2 Å². The standard InChI is InChI=1S/C29H29F9N2O5/c1-26(2,3)45-25(42)40-21-8-7-19(44-29(36,37)38)12-20(21)23(13-22(40)16-5-6-16)39(24(41)43-4)14-15-9-17(27(30,31)32)11-18(10-15)28(33,34)35/h7-12,16,22-23H,5-6,13-14H2,1-4H3/t22-,23-/m1/s1. The highest BCUT2D eigenvalue weighted by molar-refractivity contribution is 5.91. The number of methoxy groups -OCH3 is 1. The molecule has 0 N–H and O–H groups in total. The first-order valence-electron chi connectivity index (χ1n) is 13.6. The average Bonchev–Trinajstić information content (AvgIpc) is 3.73. The van der Waals surface area contributed by atoms with Crippen LogP contribution in [0.25, 0.3) is 0 Å². The number of anilines is 1. The molecule has 0 spiro atoms. The molecule has 1 heterocycles. The van der Waals surface area contributed by atoms with Gasteiger partial charge in [-0.25, -0.2) is 9.59 Å². The van der Waals surface area contributed by atoms with Crippen LogP contribution in [0.3, 0.4) is 0 Å². The number of benzene rings is 2. The monoisotopic (exact) mass is 656 g/mol. The van der Waals surface area contributed by atoms with Crippen LogP contribution in [-0.4, -0.2) is 42.2 Å². The summed E-state index contributed by atoms with van der Waals surface area (Å²) < 4.78 is 135. The molecule has 16 heteroatoms. The van der Waals surface area contributed by atoms with Crippen molar-refractivity contribution in [3.05, 3.63) is 58.7 Å². The molecule has 2 amide bonds. The van der Waals surface area contributed by atoms with Crippen molar-refractivity contribution in [2.45, 2.75) is 83.0 Å². The van der Waals surface area contributed by atoms with Crippen molar-refractivity contribution in [3.63, 3.8) is 0 Å². The normalized spacial score (nSPS) is 19.1. The van der Waals surface area contributed by atoms with Crippen LogP contribution in [0.1, 0.15) is 68.3 Å². The number of ether oxygens (including phenoxy) is 3. The molecule has 1 saturated carbocycles. The van der Waals surface area contributed by atoms with E-state index in [1.54, 1.807) is 20.8 Å². The molecule has 2 atom stereocenters. The first-order chi connectivity index (χ1) is 20.6. The molecule has 0 bridgehead atoms. The number of amides is 2. The molecule has 4 rings (SSSR count). The third-order valence-corrected chi connectivity index (χ3v) is 7.19. The van der Waals surface area contributed by atoms with E-state index >= 15 is 0 Å². The zero-order valence-corrected chi connectivity index (χ0v) is 24.4. The molecule has 1 aliphatic carbocycles. The van der Waals surface area contributed by atoms with Crippen molar-refractivity contribution < 1.29 is 63.3 Å². The van der Waals surface area contributed by atoms with Crippen molar-refractivity contribution >= 4 is 17.9 Å². The van der Waals surface area contributed by atoms with Gasteiger partial charge in [-0.05, 0) is 87.9 Å². The van der Waals surface area contributed by atoms with Crippen LogP contribution in [0.15, 0.2) is 36.4 Å². The fourth-order valence-corrected chi connectivity index (χ4v) is 5.31. The maximum Gasteiger partial charge on any atom is 0.573 e. The lowest BCUT2D eigenvalue weighted by Gasteiger charge is -2.44. The molecule has 0 aromatic heterocycles. The van der Waals surface area contributed by atoms with E-state index in [0.717, 1.165) is 30.2 Å². The highest BCUT2D eigenvalue weighted by Gasteiger charge is 2.48. The molecule has 7 nitrogen and oxygen atoms in total. The molecular formula is C29H29F9N2O5. The van der Waals surface area contributed by atoms with Crippen LogP contribution in [0.5, 0.6) is 5.75 Å². The van der Waals surface area contributed by atoms with Gasteiger partial charge in [0.2, 0.25) is 0 Å². The second-order valence-electron chi connectivity index (χ2n) is 11.8. The molecule has 1 aliphatic heterocycles. The summed E-state index contributed by atoms with van der Waals surface area (Å²) in [6.07, 6.45) is -16.3. The zero-order valence-electron chi connectivity index (χ0n) is 24.4. The van der Waals surface area contributed by atoms with E-state index < -0.39 is 77.6 Å². The van der Waals surface area contributed by atoms with Crippen LogP contribution >= 0.6 is 0 Å². The number of alkyl halides is 9. The molecule has 0 saturated heterocycles. The molecule has 2 aromatic rings. The Morgan fingerprint density at radius 3 is 1.93 bits per heavy atom. The maximum absolute atomic E-state index is 13.6. The Morgan fingerprint density at radius 2 is 1.47 bits per heavy atom. The maximum atomic E-state index is 13.6. The van der Waals surface area contributed by atoms with Gasteiger partial charge in [0.15, 0.2) is 0 Å². The minimum atomic E-state index is -5.17. The first kappa shape index (κ1) is 34.0. The molecule has 1 fully saturated rings. The van der Waals surface area contributed by atoms with Gasteiger partial charge in [0, 0.05) is 18.2 Å². The number of hydrogen-bond acceptors (Lipinski definition) is 5. The fraction of sp³-hybridized carbons (Fsp3) is 0.517. The van der Waals surface area contributed by atoms with Crippen LogP contribution < -0.4 is 9.64 Å². The Labute approximate surface area is 251 Å². The van der Waals surface area contributed by atoms with Crippen LogP contribution in [0, 0.1) is 5.92 Å². The van der Waals surface area contributed by atoms with Crippen molar-refractivity contribution in [2.75, 3.05) is 12.0 Å². The molecule has 0 unspecified atom stereocenters. The highest BCUT2D eigenvalue weighted by atomic mass is 19.4. The van der Waals surface area contributed by atoms with E-state index in [2.05, 4.69) is 4.74 Å². The third kappa shape index (κ3) is 8.25. The van der Waals surface area contributed by atoms with E-state index in [9.17, 15) is 49.1 Å². The van der Waals surface area contributed by atoms with Crippen LogP contribution in [0.4, 0.5) is 54.8 Å². The molecule has 0 radical (unpaired) electrons. The third-order valence-electron chi connectivity index (χ3n) is 7.19. The van der Waals surface area contributed by atoms with Crippen molar-refractivity contribution in [1.29, 1.82) is 0 Å². The largest absolute Gasteiger partial charge is 0.573 e. The van der Waals surface area contributed by atoms with Gasteiger partial charge < -0.3 is 14.2 Å². The average molecular weight is 657 g/mol. The topological polar surface area (TPSA) is 68.3 Å². The lowest BCUT2D eigenvalue weighted by molar-refractivity contribution is -0.274. The summed E-state index contributed by atoms with van der Waals surface area (Å²) in [5, 5.41) is 0. The number of fused-ring (bicyclic) bond motifs is 1. The summed E-state index contributed by atoms with van der Waals surface area (Å²) in [5.74, 6) is -0.868. The molecule has 2 aliphatic rings. The Hall–Kier alpha value is -3.85. The van der Waals surface area contributed by atoms with Crippen molar-refractivity contribution in [2.24, 2.45) is 5.92 Å². The Kier molecular flexibility index (Phi) is 8.94. The number of halogens is 9. The Bertz CT molecular complexity index is 1400. The van der Waals surface area contributed by atoms with E-state index in [1.807, 2.05) is 0 Å². The molecule has 2 aromatic carbocycles. The van der Waals surface area contributed by atoms with Gasteiger partial charge in [0.25, 0.3) is 0 Å². The van der Waals surface area contributed by atoms with Gasteiger partial charge in [0.05, 0.1) is 30.0 Å². The van der Waals surface area contributed by atoms with E-state index in [1.165, 1.54) is 4.90 Å².